The Kier molecular flexibility index (Phi) is 5.47. The number of thiazole rings is 1. The molecule has 26 heavy (non-hydrogen) atoms. The van der Waals surface area contributed by atoms with Crippen LogP contribution in [-0.2, 0) is 6.42 Å². The van der Waals surface area contributed by atoms with Gasteiger partial charge in [-0.25, -0.2) is 9.97 Å². The summed E-state index contributed by atoms with van der Waals surface area (Å²) in [7, 11) is 1.72. The maximum absolute atomic E-state index is 12.4. The second-order valence-electron chi connectivity index (χ2n) is 5.73. The quantitative estimate of drug-likeness (QED) is 0.589. The van der Waals surface area contributed by atoms with E-state index in [0.29, 0.717) is 29.4 Å². The Bertz CT molecular complexity index is 883. The Balaban J connectivity index is 1.51. The third-order valence-electron chi connectivity index (χ3n) is 3.99. The van der Waals surface area contributed by atoms with E-state index in [1.807, 2.05) is 13.1 Å². The van der Waals surface area contributed by atoms with Crippen LogP contribution in [0.1, 0.15) is 33.3 Å². The number of H-pyrrole nitrogens is 2. The number of carbonyl (C=O) groups excluding carboxylic acids is 2. The Hall–Kier alpha value is -2.94. The number of carbonyl (C=O) groups is 2. The predicted molar refractivity (Wildman–Crippen MR) is 99.2 cm³/mol. The molecule has 0 aliphatic heterocycles. The summed E-state index contributed by atoms with van der Waals surface area (Å²) in [5.74, 6) is -0.323. The largest absolute Gasteiger partial charge is 0.367 e. The van der Waals surface area contributed by atoms with Crippen molar-refractivity contribution in [1.29, 1.82) is 0 Å². The number of imidazole rings is 1. The average molecular weight is 372 g/mol. The minimum absolute atomic E-state index is 0.0625. The van der Waals surface area contributed by atoms with Gasteiger partial charge in [0.15, 0.2) is 0 Å². The molecule has 3 aromatic rings. The molecule has 0 bridgehead atoms. The maximum Gasteiger partial charge on any atom is 0.270 e. The Morgan fingerprint density at radius 2 is 2.19 bits per heavy atom. The molecule has 0 fully saturated rings. The topological polar surface area (TPSA) is 107 Å². The first-order valence-electron chi connectivity index (χ1n) is 8.23. The number of rotatable bonds is 7. The number of likely N-dealkylation sites (N-methyl/N-ethyl adjacent to an activating group) is 1. The van der Waals surface area contributed by atoms with Gasteiger partial charge in [-0.2, -0.15) is 0 Å². The van der Waals surface area contributed by atoms with E-state index in [4.69, 9.17) is 0 Å². The van der Waals surface area contributed by atoms with Crippen LogP contribution >= 0.6 is 11.3 Å². The molecule has 3 aromatic heterocycles. The minimum Gasteiger partial charge on any atom is -0.367 e. The SMILES string of the molecule is CCc1c[nH]cc1C(=O)N(C)CCNC(=O)c1csc(-c2cnc[nH]2)n1. The molecule has 136 valence electrons. The van der Waals surface area contributed by atoms with Crippen molar-refractivity contribution < 1.29 is 9.59 Å². The molecule has 0 saturated heterocycles. The molecule has 0 radical (unpaired) electrons. The van der Waals surface area contributed by atoms with Crippen molar-refractivity contribution in [1.82, 2.24) is 30.2 Å². The molecule has 0 aliphatic rings. The summed E-state index contributed by atoms with van der Waals surface area (Å²) in [5.41, 5.74) is 2.79. The molecule has 3 heterocycles. The number of aryl methyl sites for hydroxylation is 1. The molecule has 3 rings (SSSR count). The Labute approximate surface area is 154 Å². The highest BCUT2D eigenvalue weighted by Crippen LogP contribution is 2.20. The fraction of sp³-hybridized carbons (Fsp3) is 0.294. The van der Waals surface area contributed by atoms with Gasteiger partial charge < -0.3 is 20.2 Å². The third kappa shape index (κ3) is 3.83. The van der Waals surface area contributed by atoms with Crippen molar-refractivity contribution in [3.8, 4) is 10.7 Å². The lowest BCUT2D eigenvalue weighted by Crippen LogP contribution is -2.36. The number of aromatic amines is 2. The van der Waals surface area contributed by atoms with Crippen LogP contribution in [0.25, 0.3) is 10.7 Å². The summed E-state index contributed by atoms with van der Waals surface area (Å²) >= 11 is 1.37. The van der Waals surface area contributed by atoms with Gasteiger partial charge in [0, 0.05) is 37.9 Å². The van der Waals surface area contributed by atoms with Crippen LogP contribution in [-0.4, -0.2) is 56.8 Å². The van der Waals surface area contributed by atoms with Crippen LogP contribution in [0.15, 0.2) is 30.3 Å². The fourth-order valence-corrected chi connectivity index (χ4v) is 3.27. The average Bonchev–Trinajstić information content (AvgIpc) is 3.41. The van der Waals surface area contributed by atoms with E-state index >= 15 is 0 Å². The summed E-state index contributed by atoms with van der Waals surface area (Å²) in [6.45, 7) is 2.77. The van der Waals surface area contributed by atoms with E-state index < -0.39 is 0 Å². The molecule has 9 heteroatoms. The van der Waals surface area contributed by atoms with Crippen LogP contribution in [0.2, 0.25) is 0 Å². The van der Waals surface area contributed by atoms with Gasteiger partial charge >= 0.3 is 0 Å². The number of nitrogens with zero attached hydrogens (tertiary/aromatic N) is 3. The molecule has 0 atom stereocenters. The van der Waals surface area contributed by atoms with Crippen LogP contribution in [0.5, 0.6) is 0 Å². The van der Waals surface area contributed by atoms with E-state index in [-0.39, 0.29) is 11.8 Å². The molecule has 8 nitrogen and oxygen atoms in total. The zero-order chi connectivity index (χ0) is 18.5. The van der Waals surface area contributed by atoms with Crippen LogP contribution in [0, 0.1) is 0 Å². The molecule has 0 aliphatic carbocycles. The highest BCUT2D eigenvalue weighted by atomic mass is 32.1. The molecule has 0 aromatic carbocycles. The second-order valence-corrected chi connectivity index (χ2v) is 6.59. The molecule has 0 saturated carbocycles. The van der Waals surface area contributed by atoms with Crippen LogP contribution in [0.4, 0.5) is 0 Å². The van der Waals surface area contributed by atoms with Crippen molar-refractivity contribution in [2.24, 2.45) is 0 Å². The first-order chi connectivity index (χ1) is 12.6. The van der Waals surface area contributed by atoms with Crippen molar-refractivity contribution >= 4 is 23.2 Å². The van der Waals surface area contributed by atoms with E-state index in [1.165, 1.54) is 11.3 Å². The molecule has 2 amide bonds. The third-order valence-corrected chi connectivity index (χ3v) is 4.86. The molecule has 0 spiro atoms. The summed E-state index contributed by atoms with van der Waals surface area (Å²) in [6.07, 6.45) is 7.56. The lowest BCUT2D eigenvalue weighted by molar-refractivity contribution is 0.0786. The zero-order valence-electron chi connectivity index (χ0n) is 14.6. The van der Waals surface area contributed by atoms with Gasteiger partial charge in [0.2, 0.25) is 0 Å². The standard InChI is InChI=1S/C17H20N6O2S/c1-3-11-6-18-7-12(11)17(25)23(2)5-4-20-15(24)14-9-26-16(22-14)13-8-19-10-21-13/h6-10,18H,3-5H2,1-2H3,(H,19,21)(H,20,24). The molecule has 0 unspecified atom stereocenters. The lowest BCUT2D eigenvalue weighted by atomic mass is 10.1. The Morgan fingerprint density at radius 1 is 1.35 bits per heavy atom. The molecular formula is C17H20N6O2S. The Morgan fingerprint density at radius 3 is 2.92 bits per heavy atom. The first-order valence-corrected chi connectivity index (χ1v) is 9.11. The maximum atomic E-state index is 12.4. The van der Waals surface area contributed by atoms with E-state index in [2.05, 4.69) is 25.3 Å². The smallest absolute Gasteiger partial charge is 0.270 e. The van der Waals surface area contributed by atoms with E-state index in [9.17, 15) is 9.59 Å². The number of aromatic nitrogens is 4. The first kappa shape index (κ1) is 17.9. The number of nitrogens with one attached hydrogen (secondary N) is 3. The number of hydrogen-bond acceptors (Lipinski definition) is 5. The minimum atomic E-state index is -0.260. The number of amides is 2. The highest BCUT2D eigenvalue weighted by molar-refractivity contribution is 7.13. The molecular weight excluding hydrogens is 352 g/mol. The van der Waals surface area contributed by atoms with Gasteiger partial charge in [-0.05, 0) is 12.0 Å². The normalized spacial score (nSPS) is 10.7. The second kappa shape index (κ2) is 7.96. The van der Waals surface area contributed by atoms with Gasteiger partial charge in [-0.1, -0.05) is 6.92 Å². The van der Waals surface area contributed by atoms with Crippen molar-refractivity contribution in [3.63, 3.8) is 0 Å². The summed E-state index contributed by atoms with van der Waals surface area (Å²) < 4.78 is 0. The van der Waals surface area contributed by atoms with Crippen molar-refractivity contribution in [3.05, 3.63) is 47.1 Å². The number of hydrogen-bond donors (Lipinski definition) is 3. The van der Waals surface area contributed by atoms with Gasteiger partial charge in [-0.15, -0.1) is 11.3 Å². The van der Waals surface area contributed by atoms with E-state index in [1.54, 1.807) is 36.0 Å². The lowest BCUT2D eigenvalue weighted by Gasteiger charge is -2.17. The predicted octanol–water partition coefficient (Wildman–Crippen LogP) is 1.93. The van der Waals surface area contributed by atoms with Gasteiger partial charge in [0.1, 0.15) is 10.7 Å². The summed E-state index contributed by atoms with van der Waals surface area (Å²) in [6, 6.07) is 0. The van der Waals surface area contributed by atoms with Crippen molar-refractivity contribution in [2.45, 2.75) is 13.3 Å². The zero-order valence-corrected chi connectivity index (χ0v) is 15.4. The summed E-state index contributed by atoms with van der Waals surface area (Å²) in [4.78, 5) is 40.4. The van der Waals surface area contributed by atoms with Gasteiger partial charge in [0.05, 0.1) is 23.8 Å². The van der Waals surface area contributed by atoms with E-state index in [0.717, 1.165) is 17.7 Å². The van der Waals surface area contributed by atoms with Crippen LogP contribution < -0.4 is 5.32 Å². The monoisotopic (exact) mass is 372 g/mol. The highest BCUT2D eigenvalue weighted by Gasteiger charge is 2.17. The van der Waals surface area contributed by atoms with Gasteiger partial charge in [0.25, 0.3) is 11.8 Å². The van der Waals surface area contributed by atoms with Crippen molar-refractivity contribution in [2.75, 3.05) is 20.1 Å². The molecule has 3 N–H and O–H groups in total. The van der Waals surface area contributed by atoms with Gasteiger partial charge in [-0.3, -0.25) is 9.59 Å². The summed E-state index contributed by atoms with van der Waals surface area (Å²) in [5, 5.41) is 5.20. The fourth-order valence-electron chi connectivity index (χ4n) is 2.50. The van der Waals surface area contributed by atoms with Crippen LogP contribution in [0.3, 0.4) is 0 Å².